The molecule has 0 saturated carbocycles. The molecule has 0 aliphatic carbocycles. The number of rotatable bonds is 7. The number of fused-ring (bicyclic) bond motifs is 1. The van der Waals surface area contributed by atoms with Crippen LogP contribution >= 0.6 is 11.3 Å². The first-order valence-corrected chi connectivity index (χ1v) is 9.64. The quantitative estimate of drug-likeness (QED) is 0.387. The number of nitrogens with zero attached hydrogens (tertiary/aromatic N) is 3. The first-order chi connectivity index (χ1) is 13.8. The second-order valence-corrected chi connectivity index (χ2v) is 7.01. The van der Waals surface area contributed by atoms with Gasteiger partial charge in [0, 0.05) is 17.8 Å². The molecule has 0 aliphatic rings. The largest absolute Gasteiger partial charge is 0.489 e. The monoisotopic (exact) mass is 390 g/mol. The average molecular weight is 390 g/mol. The molecule has 2 heterocycles. The van der Waals surface area contributed by atoms with Crippen molar-refractivity contribution in [2.45, 2.75) is 13.0 Å². The molecule has 1 amide bonds. The van der Waals surface area contributed by atoms with Crippen molar-refractivity contribution < 1.29 is 9.53 Å². The lowest BCUT2D eigenvalue weighted by Crippen LogP contribution is -2.19. The minimum absolute atomic E-state index is 0.186. The maximum absolute atomic E-state index is 12.0. The molecule has 0 radical (unpaired) electrons. The van der Waals surface area contributed by atoms with E-state index in [1.165, 1.54) is 11.3 Å². The lowest BCUT2D eigenvalue weighted by atomic mass is 10.2. The molecule has 0 atom stereocenters. The summed E-state index contributed by atoms with van der Waals surface area (Å²) >= 11 is 1.53. The summed E-state index contributed by atoms with van der Waals surface area (Å²) in [6.07, 6.45) is 5.55. The van der Waals surface area contributed by atoms with Crippen molar-refractivity contribution in [1.29, 1.82) is 0 Å². The summed E-state index contributed by atoms with van der Waals surface area (Å²) in [4.78, 5) is 17.3. The number of hydrogen-bond acceptors (Lipinski definition) is 5. The van der Waals surface area contributed by atoms with E-state index in [2.05, 4.69) is 15.5 Å². The highest BCUT2D eigenvalue weighted by Crippen LogP contribution is 2.14. The second-order valence-electron chi connectivity index (χ2n) is 6.14. The van der Waals surface area contributed by atoms with E-state index >= 15 is 0 Å². The van der Waals surface area contributed by atoms with E-state index in [0.717, 1.165) is 27.5 Å². The topological polar surface area (TPSA) is 68.0 Å². The van der Waals surface area contributed by atoms with Gasteiger partial charge in [-0.15, -0.1) is 11.3 Å². The van der Waals surface area contributed by atoms with Crippen LogP contribution in [-0.4, -0.2) is 21.5 Å². The lowest BCUT2D eigenvalue weighted by Gasteiger charge is -2.06. The van der Waals surface area contributed by atoms with Gasteiger partial charge in [-0.25, -0.2) is 10.4 Å². The molecule has 140 valence electrons. The number of aromatic nitrogens is 2. The van der Waals surface area contributed by atoms with E-state index < -0.39 is 0 Å². The zero-order chi connectivity index (χ0) is 19.2. The second kappa shape index (κ2) is 8.49. The maximum atomic E-state index is 12.0. The molecule has 0 saturated heterocycles. The first kappa shape index (κ1) is 17.9. The third kappa shape index (κ3) is 4.63. The predicted molar refractivity (Wildman–Crippen MR) is 110 cm³/mol. The van der Waals surface area contributed by atoms with Gasteiger partial charge < -0.3 is 4.74 Å². The summed E-state index contributed by atoms with van der Waals surface area (Å²) in [6, 6.07) is 17.5. The Labute approximate surface area is 166 Å². The van der Waals surface area contributed by atoms with E-state index in [-0.39, 0.29) is 12.3 Å². The van der Waals surface area contributed by atoms with E-state index in [1.54, 1.807) is 6.21 Å². The van der Waals surface area contributed by atoms with Gasteiger partial charge >= 0.3 is 0 Å². The van der Waals surface area contributed by atoms with Crippen LogP contribution in [0.3, 0.4) is 0 Å². The van der Waals surface area contributed by atoms with Gasteiger partial charge in [0.05, 0.1) is 18.3 Å². The molecule has 7 heteroatoms. The number of nitrogens with one attached hydrogen (secondary N) is 1. The minimum atomic E-state index is -0.210. The lowest BCUT2D eigenvalue weighted by molar-refractivity contribution is -0.120. The van der Waals surface area contributed by atoms with Gasteiger partial charge in [0.25, 0.3) is 0 Å². The Kier molecular flexibility index (Phi) is 5.44. The molecule has 1 N–H and O–H groups in total. The summed E-state index contributed by atoms with van der Waals surface area (Å²) in [6.45, 7) is 0.500. The number of hydrazone groups is 1. The SMILES string of the molecule is O=C(Cc1cn2ccsc2n1)N/N=C/c1cccc(OCc2ccccc2)c1. The van der Waals surface area contributed by atoms with Crippen LogP contribution in [0.4, 0.5) is 0 Å². The number of thiazole rings is 1. The third-order valence-corrected chi connectivity index (χ3v) is 4.76. The molecule has 0 unspecified atom stereocenters. The maximum Gasteiger partial charge on any atom is 0.246 e. The molecular weight excluding hydrogens is 372 g/mol. The Morgan fingerprint density at radius 1 is 1.21 bits per heavy atom. The summed E-state index contributed by atoms with van der Waals surface area (Å²) in [5, 5.41) is 5.98. The molecule has 28 heavy (non-hydrogen) atoms. The Morgan fingerprint density at radius 2 is 2.11 bits per heavy atom. The fourth-order valence-electron chi connectivity index (χ4n) is 2.67. The van der Waals surface area contributed by atoms with E-state index in [9.17, 15) is 4.79 Å². The molecular formula is C21H18N4O2S. The molecule has 0 fully saturated rings. The first-order valence-electron chi connectivity index (χ1n) is 8.76. The van der Waals surface area contributed by atoms with Crippen molar-refractivity contribution in [3.63, 3.8) is 0 Å². The van der Waals surface area contributed by atoms with Gasteiger partial charge in [-0.1, -0.05) is 42.5 Å². The van der Waals surface area contributed by atoms with Gasteiger partial charge in [0.1, 0.15) is 12.4 Å². The highest BCUT2D eigenvalue weighted by atomic mass is 32.1. The number of carbonyl (C=O) groups excluding carboxylic acids is 1. The van der Waals surface area contributed by atoms with Crippen molar-refractivity contribution >= 4 is 28.4 Å². The van der Waals surface area contributed by atoms with E-state index in [1.807, 2.05) is 76.8 Å². The fourth-order valence-corrected chi connectivity index (χ4v) is 3.39. The predicted octanol–water partition coefficient (Wildman–Crippen LogP) is 3.67. The van der Waals surface area contributed by atoms with Crippen molar-refractivity contribution in [1.82, 2.24) is 14.8 Å². The number of benzene rings is 2. The summed E-state index contributed by atoms with van der Waals surface area (Å²) in [5.41, 5.74) is 5.20. The Morgan fingerprint density at radius 3 is 2.96 bits per heavy atom. The van der Waals surface area contributed by atoms with Crippen LogP contribution in [0.5, 0.6) is 5.75 Å². The number of imidazole rings is 1. The molecule has 0 spiro atoms. The van der Waals surface area contributed by atoms with Crippen LogP contribution in [0.1, 0.15) is 16.8 Å². The highest BCUT2D eigenvalue weighted by Gasteiger charge is 2.07. The smallest absolute Gasteiger partial charge is 0.246 e. The van der Waals surface area contributed by atoms with Crippen molar-refractivity contribution in [2.75, 3.05) is 0 Å². The molecule has 4 rings (SSSR count). The molecule has 4 aromatic rings. The van der Waals surface area contributed by atoms with Crippen molar-refractivity contribution in [3.05, 3.63) is 89.2 Å². The zero-order valence-electron chi connectivity index (χ0n) is 15.0. The van der Waals surface area contributed by atoms with Crippen LogP contribution in [0.15, 0.2) is 77.5 Å². The molecule has 6 nitrogen and oxygen atoms in total. The van der Waals surface area contributed by atoms with Gasteiger partial charge in [-0.3, -0.25) is 9.20 Å². The van der Waals surface area contributed by atoms with Gasteiger partial charge in [-0.05, 0) is 23.3 Å². The van der Waals surface area contributed by atoms with Crippen LogP contribution in [0.2, 0.25) is 0 Å². The third-order valence-electron chi connectivity index (χ3n) is 3.99. The Hall–Kier alpha value is -3.45. The fraction of sp³-hybridized carbons (Fsp3) is 0.0952. The number of hydrogen-bond donors (Lipinski definition) is 1. The van der Waals surface area contributed by atoms with Crippen LogP contribution in [0, 0.1) is 0 Å². The van der Waals surface area contributed by atoms with Gasteiger partial charge in [-0.2, -0.15) is 5.10 Å². The molecule has 0 bridgehead atoms. The molecule has 2 aromatic carbocycles. The molecule has 0 aliphatic heterocycles. The minimum Gasteiger partial charge on any atom is -0.489 e. The Bertz CT molecular complexity index is 1070. The van der Waals surface area contributed by atoms with E-state index in [4.69, 9.17) is 4.74 Å². The van der Waals surface area contributed by atoms with Crippen LogP contribution in [-0.2, 0) is 17.8 Å². The summed E-state index contributed by atoms with van der Waals surface area (Å²) in [5.74, 6) is 0.538. The highest BCUT2D eigenvalue weighted by molar-refractivity contribution is 7.15. The standard InChI is InChI=1S/C21H18N4O2S/c26-20(12-18-14-25-9-10-28-21(25)23-18)24-22-13-17-7-4-8-19(11-17)27-15-16-5-2-1-3-6-16/h1-11,13-14H,12,15H2,(H,24,26)/b22-13+. The van der Waals surface area contributed by atoms with Gasteiger partial charge in [0.2, 0.25) is 5.91 Å². The number of carbonyl (C=O) groups is 1. The average Bonchev–Trinajstić information content (AvgIpc) is 3.29. The van der Waals surface area contributed by atoms with Crippen LogP contribution in [0.25, 0.3) is 4.96 Å². The summed E-state index contributed by atoms with van der Waals surface area (Å²) < 4.78 is 7.70. The van der Waals surface area contributed by atoms with E-state index in [0.29, 0.717) is 6.61 Å². The summed E-state index contributed by atoms with van der Waals surface area (Å²) in [7, 11) is 0. The normalized spacial score (nSPS) is 11.1. The Balaban J connectivity index is 1.30. The zero-order valence-corrected chi connectivity index (χ0v) is 15.8. The van der Waals surface area contributed by atoms with Crippen molar-refractivity contribution in [2.24, 2.45) is 5.10 Å². The number of amides is 1. The van der Waals surface area contributed by atoms with Gasteiger partial charge in [0.15, 0.2) is 4.96 Å². The number of ether oxygens (including phenoxy) is 1. The molecule has 2 aromatic heterocycles. The van der Waals surface area contributed by atoms with Crippen molar-refractivity contribution in [3.8, 4) is 5.75 Å². The van der Waals surface area contributed by atoms with Crippen LogP contribution < -0.4 is 10.2 Å².